The van der Waals surface area contributed by atoms with Gasteiger partial charge in [0.1, 0.15) is 5.75 Å². The Balaban J connectivity index is 1.99. The molecule has 2 rings (SSSR count). The zero-order valence-electron chi connectivity index (χ0n) is 12.6. The molecule has 1 aromatic heterocycles. The van der Waals surface area contributed by atoms with Gasteiger partial charge in [0.2, 0.25) is 0 Å². The van der Waals surface area contributed by atoms with Crippen LogP contribution >= 0.6 is 0 Å². The molecule has 20 heavy (non-hydrogen) atoms. The van der Waals surface area contributed by atoms with E-state index in [1.807, 2.05) is 29.1 Å². The fourth-order valence-corrected chi connectivity index (χ4v) is 2.16. The van der Waals surface area contributed by atoms with Crippen LogP contribution in [0.25, 0.3) is 0 Å². The summed E-state index contributed by atoms with van der Waals surface area (Å²) < 4.78 is 7.37. The lowest BCUT2D eigenvalue weighted by Gasteiger charge is -2.16. The third kappa shape index (κ3) is 3.39. The van der Waals surface area contributed by atoms with E-state index in [4.69, 9.17) is 4.74 Å². The normalized spacial score (nSPS) is 12.7. The molecule has 0 spiro atoms. The molecule has 4 nitrogen and oxygen atoms in total. The molecule has 0 radical (unpaired) electrons. The van der Waals surface area contributed by atoms with E-state index in [1.54, 1.807) is 7.11 Å². The predicted octanol–water partition coefficient (Wildman–Crippen LogP) is 3.32. The van der Waals surface area contributed by atoms with Gasteiger partial charge in [-0.1, -0.05) is 18.2 Å². The molecule has 2 aromatic rings. The fourth-order valence-electron chi connectivity index (χ4n) is 2.16. The van der Waals surface area contributed by atoms with E-state index >= 15 is 0 Å². The molecule has 0 saturated carbocycles. The largest absolute Gasteiger partial charge is 0.496 e. The molecule has 0 aliphatic heterocycles. The smallest absolute Gasteiger partial charge is 0.123 e. The highest BCUT2D eigenvalue weighted by atomic mass is 16.5. The molecule has 4 heteroatoms. The van der Waals surface area contributed by atoms with Crippen molar-refractivity contribution in [2.75, 3.05) is 7.11 Å². The molecule has 1 atom stereocenters. The van der Waals surface area contributed by atoms with Crippen LogP contribution in [-0.2, 0) is 6.54 Å². The van der Waals surface area contributed by atoms with Gasteiger partial charge in [0.05, 0.1) is 13.3 Å². The number of nitrogens with one attached hydrogen (secondary N) is 1. The first-order valence-corrected chi connectivity index (χ1v) is 7.01. The average molecular weight is 273 g/mol. The van der Waals surface area contributed by atoms with Crippen LogP contribution in [0.1, 0.15) is 44.0 Å². The number of nitrogens with zero attached hydrogens (tertiary/aromatic N) is 2. The number of benzene rings is 1. The molecule has 1 aromatic carbocycles. The quantitative estimate of drug-likeness (QED) is 0.877. The van der Waals surface area contributed by atoms with Crippen LogP contribution in [0.2, 0.25) is 0 Å². The number of hydrogen-bond donors (Lipinski definition) is 1. The summed E-state index contributed by atoms with van der Waals surface area (Å²) >= 11 is 0. The second-order valence-corrected chi connectivity index (χ2v) is 5.27. The monoisotopic (exact) mass is 273 g/mol. The van der Waals surface area contributed by atoms with Crippen LogP contribution in [0.5, 0.6) is 5.75 Å². The number of ether oxygens (including phenoxy) is 1. The van der Waals surface area contributed by atoms with Crippen LogP contribution in [-0.4, -0.2) is 16.9 Å². The van der Waals surface area contributed by atoms with Gasteiger partial charge in [-0.15, -0.1) is 0 Å². The van der Waals surface area contributed by atoms with Gasteiger partial charge in [-0.05, 0) is 26.8 Å². The molecular weight excluding hydrogens is 250 g/mol. The molecule has 0 bridgehead atoms. The summed E-state index contributed by atoms with van der Waals surface area (Å²) in [4.78, 5) is 0. The van der Waals surface area contributed by atoms with E-state index in [9.17, 15) is 0 Å². The Hall–Kier alpha value is -1.81. The zero-order valence-corrected chi connectivity index (χ0v) is 12.6. The lowest BCUT2D eigenvalue weighted by atomic mass is 10.1. The minimum absolute atomic E-state index is 0.230. The van der Waals surface area contributed by atoms with Gasteiger partial charge in [0.15, 0.2) is 0 Å². The van der Waals surface area contributed by atoms with E-state index in [2.05, 4.69) is 43.4 Å². The number of methoxy groups -OCH3 is 1. The molecule has 1 heterocycles. The van der Waals surface area contributed by atoms with Crippen molar-refractivity contribution in [3.05, 3.63) is 47.8 Å². The predicted molar refractivity (Wildman–Crippen MR) is 80.9 cm³/mol. The average Bonchev–Trinajstić information content (AvgIpc) is 2.94. The first kappa shape index (κ1) is 14.6. The maximum Gasteiger partial charge on any atom is 0.123 e. The summed E-state index contributed by atoms with van der Waals surface area (Å²) in [5.41, 5.74) is 2.37. The van der Waals surface area contributed by atoms with Gasteiger partial charge < -0.3 is 10.1 Å². The van der Waals surface area contributed by atoms with Gasteiger partial charge in [-0.25, -0.2) is 0 Å². The second-order valence-electron chi connectivity index (χ2n) is 5.27. The third-order valence-electron chi connectivity index (χ3n) is 3.40. The summed E-state index contributed by atoms with van der Waals surface area (Å²) in [6.45, 7) is 7.19. The van der Waals surface area contributed by atoms with Gasteiger partial charge in [0, 0.05) is 36.0 Å². The summed E-state index contributed by atoms with van der Waals surface area (Å²) in [6, 6.07) is 8.73. The SMILES string of the molecule is COc1ccccc1[C@H](C)NCc1cnn(C(C)C)c1. The number of hydrogen-bond acceptors (Lipinski definition) is 3. The Kier molecular flexibility index (Phi) is 4.79. The van der Waals surface area contributed by atoms with Gasteiger partial charge >= 0.3 is 0 Å². The van der Waals surface area contributed by atoms with Crippen molar-refractivity contribution in [2.24, 2.45) is 0 Å². The van der Waals surface area contributed by atoms with Crippen molar-refractivity contribution < 1.29 is 4.74 Å². The van der Waals surface area contributed by atoms with E-state index < -0.39 is 0 Å². The lowest BCUT2D eigenvalue weighted by Crippen LogP contribution is -2.18. The first-order valence-electron chi connectivity index (χ1n) is 7.01. The second kappa shape index (κ2) is 6.57. The molecule has 0 fully saturated rings. The van der Waals surface area contributed by atoms with Crippen molar-refractivity contribution in [3.63, 3.8) is 0 Å². The van der Waals surface area contributed by atoms with E-state index in [0.29, 0.717) is 6.04 Å². The van der Waals surface area contributed by atoms with Crippen molar-refractivity contribution in [1.82, 2.24) is 15.1 Å². The fraction of sp³-hybridized carbons (Fsp3) is 0.438. The Labute approximate surface area is 120 Å². The maximum atomic E-state index is 5.40. The van der Waals surface area contributed by atoms with Crippen LogP contribution in [0.4, 0.5) is 0 Å². The van der Waals surface area contributed by atoms with E-state index in [1.165, 1.54) is 11.1 Å². The maximum absolute atomic E-state index is 5.40. The standard InChI is InChI=1S/C16H23N3O/c1-12(2)19-11-14(10-18-19)9-17-13(3)15-7-5-6-8-16(15)20-4/h5-8,10-13,17H,9H2,1-4H3/t13-/m0/s1. The highest BCUT2D eigenvalue weighted by Gasteiger charge is 2.10. The minimum Gasteiger partial charge on any atom is -0.496 e. The van der Waals surface area contributed by atoms with Gasteiger partial charge in [0.25, 0.3) is 0 Å². The van der Waals surface area contributed by atoms with Gasteiger partial charge in [-0.2, -0.15) is 5.10 Å². The summed E-state index contributed by atoms with van der Waals surface area (Å²) in [7, 11) is 1.71. The van der Waals surface area contributed by atoms with Crippen molar-refractivity contribution in [3.8, 4) is 5.75 Å². The van der Waals surface area contributed by atoms with Gasteiger partial charge in [-0.3, -0.25) is 4.68 Å². The molecule has 0 aliphatic rings. The van der Waals surface area contributed by atoms with E-state index in [0.717, 1.165) is 12.3 Å². The molecule has 0 saturated heterocycles. The Morgan fingerprint density at radius 1 is 1.25 bits per heavy atom. The topological polar surface area (TPSA) is 39.1 Å². The van der Waals surface area contributed by atoms with Crippen LogP contribution in [0.15, 0.2) is 36.7 Å². The van der Waals surface area contributed by atoms with E-state index in [-0.39, 0.29) is 6.04 Å². The zero-order chi connectivity index (χ0) is 14.5. The molecule has 1 N–H and O–H groups in total. The summed E-state index contributed by atoms with van der Waals surface area (Å²) in [6.07, 6.45) is 4.01. The highest BCUT2D eigenvalue weighted by molar-refractivity contribution is 5.35. The molecule has 108 valence electrons. The van der Waals surface area contributed by atoms with Crippen LogP contribution < -0.4 is 10.1 Å². The highest BCUT2D eigenvalue weighted by Crippen LogP contribution is 2.24. The summed E-state index contributed by atoms with van der Waals surface area (Å²) in [5, 5.41) is 7.86. The molecule has 0 amide bonds. The first-order chi connectivity index (χ1) is 9.61. The summed E-state index contributed by atoms with van der Waals surface area (Å²) in [5.74, 6) is 0.922. The Morgan fingerprint density at radius 3 is 2.65 bits per heavy atom. The van der Waals surface area contributed by atoms with Crippen molar-refractivity contribution in [1.29, 1.82) is 0 Å². The Morgan fingerprint density at radius 2 is 2.00 bits per heavy atom. The number of rotatable bonds is 6. The minimum atomic E-state index is 0.230. The third-order valence-corrected chi connectivity index (χ3v) is 3.40. The van der Waals surface area contributed by atoms with Crippen molar-refractivity contribution >= 4 is 0 Å². The lowest BCUT2D eigenvalue weighted by molar-refractivity contribution is 0.401. The Bertz CT molecular complexity index is 548. The number of para-hydroxylation sites is 1. The van der Waals surface area contributed by atoms with Crippen LogP contribution in [0, 0.1) is 0 Å². The number of aromatic nitrogens is 2. The molecule has 0 aliphatic carbocycles. The van der Waals surface area contributed by atoms with Crippen molar-refractivity contribution in [2.45, 2.75) is 39.4 Å². The molecular formula is C16H23N3O. The molecule has 0 unspecified atom stereocenters. The van der Waals surface area contributed by atoms with Crippen LogP contribution in [0.3, 0.4) is 0 Å².